The number of halogens is 3. The van der Waals surface area contributed by atoms with Crippen molar-refractivity contribution in [2.75, 3.05) is 13.1 Å². The monoisotopic (exact) mass is 299 g/mol. The molecule has 0 spiro atoms. The van der Waals surface area contributed by atoms with Gasteiger partial charge in [0, 0.05) is 12.1 Å². The van der Waals surface area contributed by atoms with Crippen LogP contribution in [0.5, 0.6) is 0 Å². The Hall–Kier alpha value is -1.50. The van der Waals surface area contributed by atoms with E-state index in [1.165, 1.54) is 11.0 Å². The first-order valence-electron chi connectivity index (χ1n) is 4.68. The van der Waals surface area contributed by atoms with Crippen LogP contribution < -0.4 is 0 Å². The third-order valence-electron chi connectivity index (χ3n) is 2.11. The molecule has 0 fully saturated rings. The van der Waals surface area contributed by atoms with Crippen LogP contribution in [-0.2, 0) is 6.54 Å². The molecule has 0 N–H and O–H groups in total. The van der Waals surface area contributed by atoms with E-state index in [2.05, 4.69) is 15.9 Å². The highest BCUT2D eigenvalue weighted by Gasteiger charge is 2.15. The van der Waals surface area contributed by atoms with Gasteiger partial charge in [-0.3, -0.25) is 4.90 Å². The molecule has 17 heavy (non-hydrogen) atoms. The second-order valence-corrected chi connectivity index (χ2v) is 4.14. The fourth-order valence-electron chi connectivity index (χ4n) is 1.31. The lowest BCUT2D eigenvalue weighted by Gasteiger charge is -2.16. The molecule has 0 radical (unpaired) electrons. The highest BCUT2D eigenvalue weighted by Crippen LogP contribution is 2.22. The smallest absolute Gasteiger partial charge is 0.144 e. The topological polar surface area (TPSA) is 50.8 Å². The fourth-order valence-corrected chi connectivity index (χ4v) is 1.68. The number of nitrogens with zero attached hydrogens (tertiary/aromatic N) is 3. The first kappa shape index (κ1) is 13.6. The molecule has 3 nitrogen and oxygen atoms in total. The van der Waals surface area contributed by atoms with Gasteiger partial charge in [0.15, 0.2) is 0 Å². The van der Waals surface area contributed by atoms with Crippen molar-refractivity contribution in [3.05, 3.63) is 33.8 Å². The van der Waals surface area contributed by atoms with Crippen LogP contribution in [0.3, 0.4) is 0 Å². The number of hydrogen-bond donors (Lipinski definition) is 0. The van der Waals surface area contributed by atoms with Crippen molar-refractivity contribution in [3.63, 3.8) is 0 Å². The van der Waals surface area contributed by atoms with Gasteiger partial charge in [-0.15, -0.1) is 0 Å². The van der Waals surface area contributed by atoms with Crippen molar-refractivity contribution in [1.29, 1.82) is 10.5 Å². The molecule has 0 unspecified atom stereocenters. The van der Waals surface area contributed by atoms with Gasteiger partial charge in [-0.25, -0.2) is 8.78 Å². The van der Waals surface area contributed by atoms with Crippen LogP contribution in [0.4, 0.5) is 8.78 Å². The van der Waals surface area contributed by atoms with Gasteiger partial charge in [0.25, 0.3) is 0 Å². The number of nitriles is 2. The standard InChI is InChI=1S/C11H8BrF2N3/c12-9-1-2-10(13)8(11(9)14)7-17(5-3-15)6-4-16/h1-2H,5-7H2. The maximum atomic E-state index is 13.6. The first-order valence-corrected chi connectivity index (χ1v) is 5.48. The predicted octanol–water partition coefficient (Wildman–Crippen LogP) is 2.58. The summed E-state index contributed by atoms with van der Waals surface area (Å²) in [6.45, 7) is -0.226. The second kappa shape index (κ2) is 6.29. The van der Waals surface area contributed by atoms with E-state index in [9.17, 15) is 8.78 Å². The van der Waals surface area contributed by atoms with E-state index in [-0.39, 0.29) is 29.7 Å². The Kier molecular flexibility index (Phi) is 5.02. The molecule has 0 aliphatic carbocycles. The highest BCUT2D eigenvalue weighted by molar-refractivity contribution is 9.10. The van der Waals surface area contributed by atoms with Gasteiger partial charge in [-0.1, -0.05) is 0 Å². The van der Waals surface area contributed by atoms with Gasteiger partial charge in [0.2, 0.25) is 0 Å². The van der Waals surface area contributed by atoms with E-state index in [1.54, 1.807) is 0 Å². The van der Waals surface area contributed by atoms with Crippen molar-refractivity contribution in [3.8, 4) is 12.1 Å². The van der Waals surface area contributed by atoms with Crippen molar-refractivity contribution >= 4 is 15.9 Å². The van der Waals surface area contributed by atoms with Crippen LogP contribution in [0.25, 0.3) is 0 Å². The van der Waals surface area contributed by atoms with E-state index in [4.69, 9.17) is 10.5 Å². The molecule has 88 valence electrons. The van der Waals surface area contributed by atoms with Crippen molar-refractivity contribution < 1.29 is 8.78 Å². The summed E-state index contributed by atoms with van der Waals surface area (Å²) in [6.07, 6.45) is 0. The molecule has 0 aliphatic heterocycles. The summed E-state index contributed by atoms with van der Waals surface area (Å²) in [5.41, 5.74) is -0.148. The van der Waals surface area contributed by atoms with Crippen LogP contribution in [0.2, 0.25) is 0 Å². The van der Waals surface area contributed by atoms with E-state index in [0.29, 0.717) is 0 Å². The average molecular weight is 300 g/mol. The minimum atomic E-state index is -0.703. The highest BCUT2D eigenvalue weighted by atomic mass is 79.9. The summed E-state index contributed by atoms with van der Waals surface area (Å²) in [6, 6.07) is 6.10. The number of benzene rings is 1. The zero-order valence-electron chi connectivity index (χ0n) is 8.75. The Morgan fingerprint density at radius 3 is 2.29 bits per heavy atom. The molecule has 0 saturated heterocycles. The Bertz CT molecular complexity index is 475. The SMILES string of the molecule is N#CCN(CC#N)Cc1c(F)ccc(Br)c1F. The van der Waals surface area contributed by atoms with Gasteiger partial charge in [0.1, 0.15) is 11.6 Å². The Labute approximate surface area is 106 Å². The van der Waals surface area contributed by atoms with Gasteiger partial charge >= 0.3 is 0 Å². The van der Waals surface area contributed by atoms with Crippen LogP contribution >= 0.6 is 15.9 Å². The zero-order valence-corrected chi connectivity index (χ0v) is 10.3. The molecule has 6 heteroatoms. The minimum Gasteiger partial charge on any atom is -0.273 e. The summed E-state index contributed by atoms with van der Waals surface area (Å²) < 4.78 is 27.2. The number of hydrogen-bond acceptors (Lipinski definition) is 3. The molecule has 0 amide bonds. The lowest BCUT2D eigenvalue weighted by Crippen LogP contribution is -2.25. The molecule has 0 aromatic heterocycles. The molecular formula is C11H8BrF2N3. The molecule has 1 rings (SSSR count). The van der Waals surface area contributed by atoms with E-state index in [0.717, 1.165) is 6.07 Å². The normalized spacial score (nSPS) is 10.0. The van der Waals surface area contributed by atoms with Crippen molar-refractivity contribution in [2.24, 2.45) is 0 Å². The molecule has 0 atom stereocenters. The predicted molar refractivity (Wildman–Crippen MR) is 60.6 cm³/mol. The third kappa shape index (κ3) is 3.48. The first-order chi connectivity index (χ1) is 8.10. The zero-order chi connectivity index (χ0) is 12.8. The van der Waals surface area contributed by atoms with Crippen LogP contribution in [0.15, 0.2) is 16.6 Å². The van der Waals surface area contributed by atoms with Crippen molar-refractivity contribution in [1.82, 2.24) is 4.90 Å². The quantitative estimate of drug-likeness (QED) is 0.634. The molecule has 0 bridgehead atoms. The molecule has 0 aliphatic rings. The van der Waals surface area contributed by atoms with Gasteiger partial charge in [-0.2, -0.15) is 10.5 Å². The van der Waals surface area contributed by atoms with E-state index >= 15 is 0 Å². The Balaban J connectivity index is 2.97. The third-order valence-corrected chi connectivity index (χ3v) is 2.72. The fraction of sp³-hybridized carbons (Fsp3) is 0.273. The summed E-state index contributed by atoms with van der Waals surface area (Å²) in [5, 5.41) is 17.1. The van der Waals surface area contributed by atoms with Crippen LogP contribution in [0, 0.1) is 34.3 Å². The molecule has 1 aromatic rings. The lowest BCUT2D eigenvalue weighted by atomic mass is 10.2. The molecule has 0 heterocycles. The number of rotatable bonds is 4. The largest absolute Gasteiger partial charge is 0.273 e. The van der Waals surface area contributed by atoms with Gasteiger partial charge in [-0.05, 0) is 28.1 Å². The van der Waals surface area contributed by atoms with Gasteiger partial charge in [0.05, 0.1) is 29.7 Å². The summed E-state index contributed by atoms with van der Waals surface area (Å²) in [5.74, 6) is -1.39. The second-order valence-electron chi connectivity index (χ2n) is 3.28. The molecule has 1 aromatic carbocycles. The summed E-state index contributed by atoms with van der Waals surface area (Å²) >= 11 is 2.96. The lowest BCUT2D eigenvalue weighted by molar-refractivity contribution is 0.321. The Morgan fingerprint density at radius 1 is 1.18 bits per heavy atom. The summed E-state index contributed by atoms with van der Waals surface area (Å²) in [4.78, 5) is 1.36. The minimum absolute atomic E-state index is 0.0566. The molecule has 0 saturated carbocycles. The maximum Gasteiger partial charge on any atom is 0.144 e. The van der Waals surface area contributed by atoms with Crippen molar-refractivity contribution in [2.45, 2.75) is 6.54 Å². The maximum absolute atomic E-state index is 13.6. The van der Waals surface area contributed by atoms with E-state index < -0.39 is 11.6 Å². The van der Waals surface area contributed by atoms with Gasteiger partial charge < -0.3 is 0 Å². The Morgan fingerprint density at radius 2 is 1.76 bits per heavy atom. The molecular weight excluding hydrogens is 292 g/mol. The van der Waals surface area contributed by atoms with E-state index in [1.807, 2.05) is 12.1 Å². The summed E-state index contributed by atoms with van der Waals surface area (Å²) in [7, 11) is 0. The van der Waals surface area contributed by atoms with Crippen LogP contribution in [-0.4, -0.2) is 18.0 Å². The average Bonchev–Trinajstić information content (AvgIpc) is 2.30. The van der Waals surface area contributed by atoms with Crippen LogP contribution in [0.1, 0.15) is 5.56 Å².